The van der Waals surface area contributed by atoms with Gasteiger partial charge in [0.15, 0.2) is 0 Å². The van der Waals surface area contributed by atoms with Gasteiger partial charge in [-0.1, -0.05) is 32.4 Å². The molecule has 1 unspecified atom stereocenters. The predicted molar refractivity (Wildman–Crippen MR) is 146 cm³/mol. The van der Waals surface area contributed by atoms with E-state index in [0.717, 1.165) is 42.5 Å². The van der Waals surface area contributed by atoms with Crippen molar-refractivity contribution in [3.05, 3.63) is 118 Å². The number of benzene rings is 4. The molecule has 1 nitrogen and oxygen atoms in total. The molecule has 12 heteroatoms. The molecule has 45 heavy (non-hydrogen) atoms. The molecule has 1 atom stereocenters. The van der Waals surface area contributed by atoms with Crippen molar-refractivity contribution in [1.82, 2.24) is 0 Å². The van der Waals surface area contributed by atoms with Crippen molar-refractivity contribution in [3.63, 3.8) is 0 Å². The Labute approximate surface area is 250 Å². The lowest BCUT2D eigenvalue weighted by molar-refractivity contribution is -0.189. The standard InChI is InChI=1S/C33H23F11O/c1-3-4-17(2)19-12-29(38)31(30(39)13-19)33(43,44)45-21-6-8-22(28(37)16-21)18-5-7-23(25(34)11-18)20-14-26(35)24(27(36)15-20)9-10-32(40,41)42/h5-17H,3-4H2,1-2H3/b10-9+. The van der Waals surface area contributed by atoms with Gasteiger partial charge in [-0.05, 0) is 77.6 Å². The second-order valence-electron chi connectivity index (χ2n) is 10.2. The first-order chi connectivity index (χ1) is 21.0. The topological polar surface area (TPSA) is 9.23 Å². The quantitative estimate of drug-likeness (QED) is 0.165. The third kappa shape index (κ3) is 7.66. The Morgan fingerprint density at radius 3 is 1.73 bits per heavy atom. The number of hydrogen-bond acceptors (Lipinski definition) is 1. The number of ether oxygens (including phenoxy) is 1. The van der Waals surface area contributed by atoms with Crippen molar-refractivity contribution in [2.75, 3.05) is 0 Å². The van der Waals surface area contributed by atoms with Crippen molar-refractivity contribution in [1.29, 1.82) is 0 Å². The van der Waals surface area contributed by atoms with Crippen molar-refractivity contribution in [3.8, 4) is 28.0 Å². The maximum Gasteiger partial charge on any atom is 0.432 e. The zero-order valence-corrected chi connectivity index (χ0v) is 23.5. The summed E-state index contributed by atoms with van der Waals surface area (Å²) in [6.45, 7) is 3.55. The second kappa shape index (κ2) is 12.9. The minimum Gasteiger partial charge on any atom is -0.429 e. The van der Waals surface area contributed by atoms with Crippen LogP contribution in [-0.4, -0.2) is 6.18 Å². The van der Waals surface area contributed by atoms with Crippen LogP contribution in [-0.2, 0) is 6.11 Å². The fourth-order valence-electron chi connectivity index (χ4n) is 4.74. The van der Waals surface area contributed by atoms with Gasteiger partial charge in [0.05, 0.1) is 0 Å². The van der Waals surface area contributed by atoms with Crippen LogP contribution in [0.1, 0.15) is 49.3 Å². The highest BCUT2D eigenvalue weighted by atomic mass is 19.4. The number of halogens is 11. The van der Waals surface area contributed by atoms with Crippen LogP contribution < -0.4 is 4.74 Å². The van der Waals surface area contributed by atoms with Gasteiger partial charge in [-0.25, -0.2) is 26.3 Å². The van der Waals surface area contributed by atoms with Crippen molar-refractivity contribution >= 4 is 6.08 Å². The number of alkyl halides is 5. The van der Waals surface area contributed by atoms with E-state index in [4.69, 9.17) is 0 Å². The monoisotopic (exact) mass is 644 g/mol. The molecule has 0 heterocycles. The summed E-state index contributed by atoms with van der Waals surface area (Å²) in [7, 11) is 0. The van der Waals surface area contributed by atoms with Gasteiger partial charge in [-0.2, -0.15) is 22.0 Å². The zero-order valence-electron chi connectivity index (χ0n) is 23.5. The fraction of sp³-hybridized carbons (Fsp3) is 0.212. The third-order valence-corrected chi connectivity index (χ3v) is 6.94. The molecule has 0 aliphatic rings. The van der Waals surface area contributed by atoms with E-state index < -0.39 is 64.1 Å². The van der Waals surface area contributed by atoms with Gasteiger partial charge in [0.2, 0.25) is 0 Å². The van der Waals surface area contributed by atoms with Gasteiger partial charge in [0.1, 0.15) is 46.2 Å². The first-order valence-corrected chi connectivity index (χ1v) is 13.4. The number of allylic oxidation sites excluding steroid dienone is 1. The smallest absolute Gasteiger partial charge is 0.429 e. The molecule has 0 spiro atoms. The van der Waals surface area contributed by atoms with E-state index in [2.05, 4.69) is 4.74 Å². The van der Waals surface area contributed by atoms with Gasteiger partial charge in [-0.15, -0.1) is 0 Å². The van der Waals surface area contributed by atoms with E-state index in [0.29, 0.717) is 31.0 Å². The number of rotatable bonds is 9. The highest BCUT2D eigenvalue weighted by Crippen LogP contribution is 2.38. The normalized spacial score (nSPS) is 13.0. The molecule has 4 aromatic carbocycles. The van der Waals surface area contributed by atoms with Crippen LogP contribution in [0.2, 0.25) is 0 Å². The van der Waals surface area contributed by atoms with Gasteiger partial charge < -0.3 is 4.74 Å². The van der Waals surface area contributed by atoms with Gasteiger partial charge in [0.25, 0.3) is 0 Å². The van der Waals surface area contributed by atoms with Crippen molar-refractivity contribution in [2.45, 2.75) is 44.9 Å². The van der Waals surface area contributed by atoms with Crippen molar-refractivity contribution in [2.24, 2.45) is 0 Å². The molecular formula is C33H23F11O. The van der Waals surface area contributed by atoms with Crippen LogP contribution in [0.5, 0.6) is 5.75 Å². The summed E-state index contributed by atoms with van der Waals surface area (Å²) in [5.41, 5.74) is -3.65. The van der Waals surface area contributed by atoms with E-state index in [1.165, 1.54) is 0 Å². The van der Waals surface area contributed by atoms with Crippen LogP contribution in [0.25, 0.3) is 28.3 Å². The molecule has 0 N–H and O–H groups in total. The average molecular weight is 645 g/mol. The molecular weight excluding hydrogens is 621 g/mol. The maximum absolute atomic E-state index is 15.0. The largest absolute Gasteiger partial charge is 0.432 e. The molecule has 0 amide bonds. The van der Waals surface area contributed by atoms with Crippen LogP contribution in [0.15, 0.2) is 66.7 Å². The molecule has 0 saturated carbocycles. The minimum atomic E-state index is -4.82. The summed E-state index contributed by atoms with van der Waals surface area (Å²) in [4.78, 5) is 0. The minimum absolute atomic E-state index is 0.133. The first kappa shape index (κ1) is 33.5. The highest BCUT2D eigenvalue weighted by Gasteiger charge is 2.41. The Kier molecular flexibility index (Phi) is 9.65. The van der Waals surface area contributed by atoms with Crippen LogP contribution >= 0.6 is 0 Å². The molecule has 0 aliphatic carbocycles. The molecule has 238 valence electrons. The van der Waals surface area contributed by atoms with Crippen LogP contribution in [0, 0.1) is 34.9 Å². The maximum atomic E-state index is 15.0. The van der Waals surface area contributed by atoms with Crippen LogP contribution in [0.3, 0.4) is 0 Å². The molecule has 4 aromatic rings. The van der Waals surface area contributed by atoms with Crippen LogP contribution in [0.4, 0.5) is 48.3 Å². The molecule has 0 radical (unpaired) electrons. The summed E-state index contributed by atoms with van der Waals surface area (Å²) >= 11 is 0. The van der Waals surface area contributed by atoms with Gasteiger partial charge >= 0.3 is 12.3 Å². The lowest BCUT2D eigenvalue weighted by atomic mass is 9.95. The van der Waals surface area contributed by atoms with E-state index in [1.54, 1.807) is 6.92 Å². The molecule has 0 aromatic heterocycles. The number of hydrogen-bond donors (Lipinski definition) is 0. The van der Waals surface area contributed by atoms with Gasteiger partial charge in [0, 0.05) is 28.8 Å². The SMILES string of the molecule is CCCC(C)c1cc(F)c(C(F)(F)Oc2ccc(-c3ccc(-c4cc(F)c(/C=C/C(F)(F)F)c(F)c4)c(F)c3)c(F)c2)c(F)c1. The van der Waals surface area contributed by atoms with E-state index in [-0.39, 0.29) is 45.9 Å². The molecule has 0 saturated heterocycles. The third-order valence-electron chi connectivity index (χ3n) is 6.94. The summed E-state index contributed by atoms with van der Waals surface area (Å²) in [6.07, 6.45) is -8.26. The molecule has 4 rings (SSSR count). The lowest BCUT2D eigenvalue weighted by Gasteiger charge is -2.21. The molecule has 0 aliphatic heterocycles. The molecule has 0 fully saturated rings. The zero-order chi connectivity index (χ0) is 33.3. The Hall–Kier alpha value is -4.35. The summed E-state index contributed by atoms with van der Waals surface area (Å²) < 4.78 is 159. The Morgan fingerprint density at radius 2 is 1.20 bits per heavy atom. The lowest BCUT2D eigenvalue weighted by Crippen LogP contribution is -2.25. The van der Waals surface area contributed by atoms with Gasteiger partial charge in [-0.3, -0.25) is 0 Å². The fourth-order valence-corrected chi connectivity index (χ4v) is 4.74. The average Bonchev–Trinajstić information content (AvgIpc) is 2.91. The summed E-state index contributed by atoms with van der Waals surface area (Å²) in [5.74, 6) is -9.25. The highest BCUT2D eigenvalue weighted by molar-refractivity contribution is 5.73. The predicted octanol–water partition coefficient (Wildman–Crippen LogP) is 11.5. The Bertz CT molecular complexity index is 1700. The summed E-state index contributed by atoms with van der Waals surface area (Å²) in [6, 6.07) is 8.08. The van der Waals surface area contributed by atoms with E-state index in [1.807, 2.05) is 6.92 Å². The van der Waals surface area contributed by atoms with E-state index in [9.17, 15) is 48.3 Å². The second-order valence-corrected chi connectivity index (χ2v) is 10.2. The Morgan fingerprint density at radius 1 is 0.667 bits per heavy atom. The molecule has 0 bridgehead atoms. The van der Waals surface area contributed by atoms with E-state index >= 15 is 0 Å². The summed E-state index contributed by atoms with van der Waals surface area (Å²) in [5, 5.41) is 0. The van der Waals surface area contributed by atoms with Crippen molar-refractivity contribution < 1.29 is 53.0 Å². The first-order valence-electron chi connectivity index (χ1n) is 13.4. The Balaban J connectivity index is 1.58.